The zero-order valence-electron chi connectivity index (χ0n) is 13.2. The third kappa shape index (κ3) is 6.95. The van der Waals surface area contributed by atoms with E-state index >= 15 is 0 Å². The second-order valence-corrected chi connectivity index (χ2v) is 5.53. The zero-order chi connectivity index (χ0) is 14.9. The Morgan fingerprint density at radius 3 is 2.77 bits per heavy atom. The molecule has 1 aliphatic rings. The van der Waals surface area contributed by atoms with E-state index in [0.29, 0.717) is 6.04 Å². The highest BCUT2D eigenvalue weighted by atomic mass is 127. The summed E-state index contributed by atoms with van der Waals surface area (Å²) in [6.07, 6.45) is 8.43. The minimum Gasteiger partial charge on any atom is -0.393 e. The molecule has 0 amide bonds. The third-order valence-corrected chi connectivity index (χ3v) is 3.76. The average Bonchev–Trinajstić information content (AvgIpc) is 2.99. The van der Waals surface area contributed by atoms with E-state index in [2.05, 4.69) is 27.6 Å². The topological polar surface area (TPSA) is 74.5 Å². The van der Waals surface area contributed by atoms with Crippen molar-refractivity contribution in [2.24, 2.45) is 4.99 Å². The molecule has 0 aliphatic heterocycles. The van der Waals surface area contributed by atoms with Gasteiger partial charge in [0.2, 0.25) is 0 Å². The lowest BCUT2D eigenvalue weighted by Crippen LogP contribution is -2.45. The quantitative estimate of drug-likeness (QED) is 0.283. The van der Waals surface area contributed by atoms with Gasteiger partial charge in [0.25, 0.3) is 0 Å². The molecule has 0 atom stereocenters. The van der Waals surface area contributed by atoms with Gasteiger partial charge >= 0.3 is 0 Å². The van der Waals surface area contributed by atoms with E-state index in [1.165, 1.54) is 0 Å². The summed E-state index contributed by atoms with van der Waals surface area (Å²) >= 11 is 0. The van der Waals surface area contributed by atoms with Crippen LogP contribution in [0.25, 0.3) is 0 Å². The average molecular weight is 421 g/mol. The highest BCUT2D eigenvalue weighted by molar-refractivity contribution is 14.0. The Balaban J connectivity index is 0.00000242. The maximum absolute atomic E-state index is 9.55. The first-order chi connectivity index (χ1) is 10.3. The van der Waals surface area contributed by atoms with Crippen LogP contribution in [-0.2, 0) is 6.54 Å². The molecule has 126 valence electrons. The van der Waals surface area contributed by atoms with Crippen LogP contribution in [0.15, 0.2) is 23.5 Å². The summed E-state index contributed by atoms with van der Waals surface area (Å²) in [5, 5.41) is 20.5. The number of aliphatic imine (C=N–C) groups is 1. The first kappa shape index (κ1) is 19.2. The Kier molecular flexibility index (Phi) is 9.45. The van der Waals surface area contributed by atoms with Crippen molar-refractivity contribution in [1.29, 1.82) is 0 Å². The van der Waals surface area contributed by atoms with Gasteiger partial charge in [0, 0.05) is 38.1 Å². The molecule has 1 saturated carbocycles. The molecule has 6 nitrogen and oxygen atoms in total. The lowest BCUT2D eigenvalue weighted by Gasteiger charge is -2.27. The molecule has 1 heterocycles. The third-order valence-electron chi connectivity index (χ3n) is 3.76. The lowest BCUT2D eigenvalue weighted by atomic mass is 9.93. The Morgan fingerprint density at radius 1 is 1.36 bits per heavy atom. The van der Waals surface area contributed by atoms with Gasteiger partial charge in [0.05, 0.1) is 6.10 Å². The van der Waals surface area contributed by atoms with E-state index < -0.39 is 0 Å². The van der Waals surface area contributed by atoms with Crippen LogP contribution in [0, 0.1) is 0 Å². The second kappa shape index (κ2) is 10.8. The number of guanidine groups is 1. The number of nitrogens with zero attached hydrogens (tertiary/aromatic N) is 3. The van der Waals surface area contributed by atoms with Crippen molar-refractivity contribution < 1.29 is 5.11 Å². The monoisotopic (exact) mass is 421 g/mol. The lowest BCUT2D eigenvalue weighted by molar-refractivity contribution is 0.120. The Hall–Kier alpha value is -0.830. The predicted molar refractivity (Wildman–Crippen MR) is 99.6 cm³/mol. The summed E-state index contributed by atoms with van der Waals surface area (Å²) in [6.45, 7) is 4.61. The number of aryl methyl sites for hydroxylation is 1. The van der Waals surface area contributed by atoms with Crippen molar-refractivity contribution in [3.8, 4) is 0 Å². The summed E-state index contributed by atoms with van der Waals surface area (Å²) < 4.78 is 1.93. The summed E-state index contributed by atoms with van der Waals surface area (Å²) in [5.41, 5.74) is 0. The van der Waals surface area contributed by atoms with Crippen molar-refractivity contribution in [2.75, 3.05) is 13.1 Å². The van der Waals surface area contributed by atoms with Gasteiger partial charge in [0.15, 0.2) is 5.96 Å². The van der Waals surface area contributed by atoms with Crippen LogP contribution in [-0.4, -0.2) is 46.1 Å². The van der Waals surface area contributed by atoms with Gasteiger partial charge in [-0.3, -0.25) is 9.67 Å². The number of nitrogens with one attached hydrogen (secondary N) is 2. The van der Waals surface area contributed by atoms with Crippen LogP contribution in [0.5, 0.6) is 0 Å². The van der Waals surface area contributed by atoms with Crippen LogP contribution in [0.3, 0.4) is 0 Å². The molecule has 1 aromatic heterocycles. The number of hydrogen-bond donors (Lipinski definition) is 3. The molecule has 0 saturated heterocycles. The minimum absolute atomic E-state index is 0. The fourth-order valence-corrected chi connectivity index (χ4v) is 2.59. The van der Waals surface area contributed by atoms with Crippen LogP contribution in [0.1, 0.15) is 39.0 Å². The molecule has 1 aromatic rings. The first-order valence-corrected chi connectivity index (χ1v) is 7.98. The SMILES string of the molecule is CCNC(=NCCCn1cccn1)NC1CCC(O)CC1.I. The molecular formula is C15H28IN5O. The van der Waals surface area contributed by atoms with E-state index in [4.69, 9.17) is 0 Å². The van der Waals surface area contributed by atoms with Gasteiger partial charge in [0.1, 0.15) is 0 Å². The zero-order valence-corrected chi connectivity index (χ0v) is 15.6. The van der Waals surface area contributed by atoms with Gasteiger partial charge in [-0.15, -0.1) is 24.0 Å². The van der Waals surface area contributed by atoms with E-state index in [1.54, 1.807) is 6.20 Å². The highest BCUT2D eigenvalue weighted by Crippen LogP contribution is 2.18. The molecule has 1 aliphatic carbocycles. The maximum Gasteiger partial charge on any atom is 0.191 e. The molecule has 3 N–H and O–H groups in total. The van der Waals surface area contributed by atoms with Crippen LogP contribution < -0.4 is 10.6 Å². The fraction of sp³-hybridized carbons (Fsp3) is 0.733. The van der Waals surface area contributed by atoms with Gasteiger partial charge < -0.3 is 15.7 Å². The number of aromatic nitrogens is 2. The normalized spacial score (nSPS) is 22.0. The first-order valence-electron chi connectivity index (χ1n) is 7.98. The van der Waals surface area contributed by atoms with Gasteiger partial charge in [-0.05, 0) is 45.1 Å². The summed E-state index contributed by atoms with van der Waals surface area (Å²) in [7, 11) is 0. The number of aliphatic hydroxyl groups is 1. The fourth-order valence-electron chi connectivity index (χ4n) is 2.59. The molecule has 7 heteroatoms. The van der Waals surface area contributed by atoms with E-state index in [9.17, 15) is 5.11 Å². The Labute approximate surface area is 149 Å². The maximum atomic E-state index is 9.55. The second-order valence-electron chi connectivity index (χ2n) is 5.53. The summed E-state index contributed by atoms with van der Waals surface area (Å²) in [5.74, 6) is 0.888. The van der Waals surface area contributed by atoms with Gasteiger partial charge in [-0.25, -0.2) is 0 Å². The molecule has 0 aromatic carbocycles. The molecular weight excluding hydrogens is 393 g/mol. The van der Waals surface area contributed by atoms with Crippen molar-refractivity contribution in [3.63, 3.8) is 0 Å². The molecule has 0 radical (unpaired) electrons. The standard InChI is InChI=1S/C15H27N5O.HI/c1-2-16-15(19-13-5-7-14(21)8-6-13)17-9-3-11-20-12-4-10-18-20;/h4,10,12-14,21H,2-3,5-9,11H2,1H3,(H2,16,17,19);1H. The van der Waals surface area contributed by atoms with Crippen LogP contribution in [0.4, 0.5) is 0 Å². The van der Waals surface area contributed by atoms with Crippen molar-refractivity contribution in [2.45, 2.75) is 57.7 Å². The molecule has 0 spiro atoms. The molecule has 1 fully saturated rings. The molecule has 2 rings (SSSR count). The summed E-state index contributed by atoms with van der Waals surface area (Å²) in [6, 6.07) is 2.36. The highest BCUT2D eigenvalue weighted by Gasteiger charge is 2.19. The number of rotatable bonds is 6. The molecule has 0 unspecified atom stereocenters. The molecule has 0 bridgehead atoms. The Morgan fingerprint density at radius 2 is 2.14 bits per heavy atom. The Bertz CT molecular complexity index is 416. The molecule has 22 heavy (non-hydrogen) atoms. The predicted octanol–water partition coefficient (Wildman–Crippen LogP) is 1.75. The largest absolute Gasteiger partial charge is 0.393 e. The minimum atomic E-state index is -0.114. The van der Waals surface area contributed by atoms with Gasteiger partial charge in [-0.2, -0.15) is 5.10 Å². The van der Waals surface area contributed by atoms with Gasteiger partial charge in [-0.1, -0.05) is 0 Å². The number of aliphatic hydroxyl groups excluding tert-OH is 1. The van der Waals surface area contributed by atoms with E-state index in [-0.39, 0.29) is 30.1 Å². The van der Waals surface area contributed by atoms with E-state index in [0.717, 1.165) is 57.7 Å². The van der Waals surface area contributed by atoms with E-state index in [1.807, 2.05) is 16.9 Å². The van der Waals surface area contributed by atoms with Crippen LogP contribution >= 0.6 is 24.0 Å². The van der Waals surface area contributed by atoms with Crippen molar-refractivity contribution >= 4 is 29.9 Å². The number of halogens is 1. The van der Waals surface area contributed by atoms with Crippen molar-refractivity contribution in [3.05, 3.63) is 18.5 Å². The number of hydrogen-bond acceptors (Lipinski definition) is 3. The van der Waals surface area contributed by atoms with Crippen LogP contribution in [0.2, 0.25) is 0 Å². The smallest absolute Gasteiger partial charge is 0.191 e. The van der Waals surface area contributed by atoms with Crippen molar-refractivity contribution in [1.82, 2.24) is 20.4 Å². The summed E-state index contributed by atoms with van der Waals surface area (Å²) in [4.78, 5) is 4.62.